The Morgan fingerprint density at radius 2 is 1.96 bits per heavy atom. The average Bonchev–Trinajstić information content (AvgIpc) is 3.35. The second-order valence-electron chi connectivity index (χ2n) is 7.50. The second kappa shape index (κ2) is 8.53. The van der Waals surface area contributed by atoms with E-state index in [2.05, 4.69) is 10.2 Å². The zero-order chi connectivity index (χ0) is 18.7. The largest absolute Gasteiger partial charge is 0.347 e. The predicted octanol–water partition coefficient (Wildman–Crippen LogP) is 3.04. The number of amides is 2. The maximum absolute atomic E-state index is 13.1. The summed E-state index contributed by atoms with van der Waals surface area (Å²) in [5.74, 6) is 0.232. The lowest BCUT2D eigenvalue weighted by Gasteiger charge is -2.32. The Labute approximate surface area is 160 Å². The molecule has 1 saturated heterocycles. The van der Waals surface area contributed by atoms with Crippen molar-refractivity contribution in [2.45, 2.75) is 71.0 Å². The third-order valence-electron chi connectivity index (χ3n) is 5.90. The molecule has 5 nitrogen and oxygen atoms in total. The molecule has 0 aromatic carbocycles. The molecular formula is C20H31N3O2S. The summed E-state index contributed by atoms with van der Waals surface area (Å²) >= 11 is 1.49. The molecule has 26 heavy (non-hydrogen) atoms. The maximum Gasteiger partial charge on any atom is 0.261 e. The lowest BCUT2D eigenvalue weighted by molar-refractivity contribution is -0.136. The van der Waals surface area contributed by atoms with Gasteiger partial charge in [-0.3, -0.25) is 14.5 Å². The number of aryl methyl sites for hydroxylation is 1. The van der Waals surface area contributed by atoms with Gasteiger partial charge in [-0.1, -0.05) is 12.8 Å². The van der Waals surface area contributed by atoms with Crippen molar-refractivity contribution in [3.8, 4) is 0 Å². The molecule has 2 heterocycles. The van der Waals surface area contributed by atoms with Crippen LogP contribution in [-0.4, -0.2) is 59.4 Å². The molecule has 2 amide bonds. The van der Waals surface area contributed by atoms with Crippen LogP contribution in [0.15, 0.2) is 11.4 Å². The topological polar surface area (TPSA) is 52.7 Å². The molecule has 0 spiro atoms. The third kappa shape index (κ3) is 3.96. The van der Waals surface area contributed by atoms with Gasteiger partial charge in [-0.25, -0.2) is 0 Å². The van der Waals surface area contributed by atoms with Gasteiger partial charge < -0.3 is 10.2 Å². The van der Waals surface area contributed by atoms with E-state index in [1.54, 1.807) is 0 Å². The van der Waals surface area contributed by atoms with Crippen molar-refractivity contribution in [3.63, 3.8) is 0 Å². The first-order valence-corrected chi connectivity index (χ1v) is 10.8. The number of hydrogen-bond acceptors (Lipinski definition) is 4. The number of nitrogens with one attached hydrogen (secondary N) is 1. The van der Waals surface area contributed by atoms with E-state index in [0.717, 1.165) is 36.5 Å². The minimum atomic E-state index is -0.0901. The summed E-state index contributed by atoms with van der Waals surface area (Å²) in [4.78, 5) is 30.8. The molecular weight excluding hydrogens is 346 g/mol. The van der Waals surface area contributed by atoms with Crippen LogP contribution in [0, 0.1) is 6.92 Å². The Morgan fingerprint density at radius 3 is 2.54 bits per heavy atom. The highest BCUT2D eigenvalue weighted by Gasteiger charge is 2.42. The van der Waals surface area contributed by atoms with Crippen LogP contribution >= 0.6 is 11.3 Å². The van der Waals surface area contributed by atoms with E-state index < -0.39 is 0 Å². The van der Waals surface area contributed by atoms with Crippen molar-refractivity contribution in [1.29, 1.82) is 0 Å². The summed E-state index contributed by atoms with van der Waals surface area (Å²) < 4.78 is 0. The molecule has 3 rings (SSSR count). The third-order valence-corrected chi connectivity index (χ3v) is 6.91. The Bertz CT molecular complexity index is 635. The SMILES string of the molecule is CCN(CC)C(=O)[C@@H]1C[C@H](NC(=O)c2sccc2C)CN1C1CCCC1. The molecule has 0 radical (unpaired) electrons. The molecule has 0 unspecified atom stereocenters. The summed E-state index contributed by atoms with van der Waals surface area (Å²) in [7, 11) is 0. The van der Waals surface area contributed by atoms with Gasteiger partial charge in [0.25, 0.3) is 5.91 Å². The Kier molecular flexibility index (Phi) is 6.35. The minimum absolute atomic E-state index is 0.00445. The molecule has 1 aromatic rings. The fourth-order valence-electron chi connectivity index (χ4n) is 4.45. The molecule has 2 atom stereocenters. The van der Waals surface area contributed by atoms with Gasteiger partial charge in [-0.2, -0.15) is 0 Å². The number of hydrogen-bond donors (Lipinski definition) is 1. The Balaban J connectivity index is 1.72. The summed E-state index contributed by atoms with van der Waals surface area (Å²) in [6.07, 6.45) is 5.57. The summed E-state index contributed by atoms with van der Waals surface area (Å²) in [5.41, 5.74) is 1.02. The first-order chi connectivity index (χ1) is 12.5. The molecule has 1 aromatic heterocycles. The van der Waals surface area contributed by atoms with Gasteiger partial charge in [-0.05, 0) is 57.0 Å². The van der Waals surface area contributed by atoms with Crippen LogP contribution in [0.25, 0.3) is 0 Å². The first kappa shape index (κ1) is 19.4. The number of rotatable bonds is 6. The van der Waals surface area contributed by atoms with Gasteiger partial charge in [0.15, 0.2) is 0 Å². The van der Waals surface area contributed by atoms with E-state index in [0.29, 0.717) is 6.04 Å². The van der Waals surface area contributed by atoms with E-state index in [1.165, 1.54) is 37.0 Å². The molecule has 1 saturated carbocycles. The zero-order valence-corrected chi connectivity index (χ0v) is 17.0. The van der Waals surface area contributed by atoms with Crippen molar-refractivity contribution in [3.05, 3.63) is 21.9 Å². The van der Waals surface area contributed by atoms with Crippen LogP contribution in [0.1, 0.15) is 61.2 Å². The van der Waals surface area contributed by atoms with Crippen LogP contribution in [0.4, 0.5) is 0 Å². The summed E-state index contributed by atoms with van der Waals surface area (Å²) in [6, 6.07) is 2.43. The fourth-order valence-corrected chi connectivity index (χ4v) is 5.28. The highest BCUT2D eigenvalue weighted by atomic mass is 32.1. The zero-order valence-electron chi connectivity index (χ0n) is 16.2. The number of thiophene rings is 1. The van der Waals surface area contributed by atoms with Crippen molar-refractivity contribution < 1.29 is 9.59 Å². The van der Waals surface area contributed by atoms with Crippen LogP contribution in [0.3, 0.4) is 0 Å². The van der Waals surface area contributed by atoms with E-state index in [-0.39, 0.29) is 23.9 Å². The molecule has 2 aliphatic rings. The van der Waals surface area contributed by atoms with Crippen molar-refractivity contribution in [2.75, 3.05) is 19.6 Å². The van der Waals surface area contributed by atoms with Crippen LogP contribution < -0.4 is 5.32 Å². The highest BCUT2D eigenvalue weighted by Crippen LogP contribution is 2.31. The van der Waals surface area contributed by atoms with Crippen LogP contribution in [0.2, 0.25) is 0 Å². The number of nitrogens with zero attached hydrogens (tertiary/aromatic N) is 2. The molecule has 1 N–H and O–H groups in total. The fraction of sp³-hybridized carbons (Fsp3) is 0.700. The number of carbonyl (C=O) groups excluding carboxylic acids is 2. The quantitative estimate of drug-likeness (QED) is 0.829. The summed E-state index contributed by atoms with van der Waals surface area (Å²) in [5, 5.41) is 5.15. The van der Waals surface area contributed by atoms with Crippen molar-refractivity contribution in [2.24, 2.45) is 0 Å². The average molecular weight is 378 g/mol. The maximum atomic E-state index is 13.1. The van der Waals surface area contributed by atoms with Gasteiger partial charge in [0.05, 0.1) is 10.9 Å². The van der Waals surface area contributed by atoms with E-state index in [1.807, 2.05) is 37.1 Å². The highest BCUT2D eigenvalue weighted by molar-refractivity contribution is 7.12. The van der Waals surface area contributed by atoms with Crippen LogP contribution in [0.5, 0.6) is 0 Å². The number of likely N-dealkylation sites (N-methyl/N-ethyl adjacent to an activating group) is 1. The van der Waals surface area contributed by atoms with Gasteiger partial charge in [0.2, 0.25) is 5.91 Å². The first-order valence-electron chi connectivity index (χ1n) is 9.94. The molecule has 1 aliphatic carbocycles. The molecule has 1 aliphatic heterocycles. The lowest BCUT2D eigenvalue weighted by Crippen LogP contribution is -2.48. The Hall–Kier alpha value is -1.40. The molecule has 144 valence electrons. The second-order valence-corrected chi connectivity index (χ2v) is 8.42. The lowest BCUT2D eigenvalue weighted by atomic mass is 10.1. The van der Waals surface area contributed by atoms with Crippen molar-refractivity contribution >= 4 is 23.2 Å². The normalized spacial score (nSPS) is 24.1. The van der Waals surface area contributed by atoms with Crippen molar-refractivity contribution in [1.82, 2.24) is 15.1 Å². The predicted molar refractivity (Wildman–Crippen MR) is 106 cm³/mol. The number of carbonyl (C=O) groups is 2. The molecule has 2 fully saturated rings. The van der Waals surface area contributed by atoms with E-state index >= 15 is 0 Å². The summed E-state index contributed by atoms with van der Waals surface area (Å²) in [6.45, 7) is 8.33. The number of likely N-dealkylation sites (tertiary alicyclic amines) is 1. The van der Waals surface area contributed by atoms with Gasteiger partial charge in [0, 0.05) is 31.7 Å². The van der Waals surface area contributed by atoms with Gasteiger partial charge in [-0.15, -0.1) is 11.3 Å². The van der Waals surface area contributed by atoms with E-state index in [9.17, 15) is 9.59 Å². The smallest absolute Gasteiger partial charge is 0.261 e. The molecule has 6 heteroatoms. The Morgan fingerprint density at radius 1 is 1.27 bits per heavy atom. The van der Waals surface area contributed by atoms with Gasteiger partial charge >= 0.3 is 0 Å². The molecule has 0 bridgehead atoms. The van der Waals surface area contributed by atoms with E-state index in [4.69, 9.17) is 0 Å². The minimum Gasteiger partial charge on any atom is -0.347 e. The standard InChI is InChI=1S/C20H31N3O2S/c1-4-22(5-2)20(25)17-12-15(13-23(17)16-8-6-7-9-16)21-19(24)18-14(3)10-11-26-18/h10-11,15-17H,4-9,12-13H2,1-3H3,(H,21,24)/t15-,17-/m0/s1. The van der Waals surface area contributed by atoms with Gasteiger partial charge in [0.1, 0.15) is 0 Å². The monoisotopic (exact) mass is 377 g/mol. The van der Waals surface area contributed by atoms with Crippen LogP contribution in [-0.2, 0) is 4.79 Å².